The first-order chi connectivity index (χ1) is 16.9. The molecule has 0 aliphatic carbocycles. The number of nitrogens with one attached hydrogen (secondary N) is 2. The summed E-state index contributed by atoms with van der Waals surface area (Å²) in [7, 11) is 0. The van der Waals surface area contributed by atoms with Crippen molar-refractivity contribution in [3.05, 3.63) is 89.5 Å². The number of para-hydroxylation sites is 1. The van der Waals surface area contributed by atoms with E-state index in [0.29, 0.717) is 42.9 Å². The molecular formula is C27H29FN4O3. The molecule has 0 bridgehead atoms. The van der Waals surface area contributed by atoms with Crippen LogP contribution in [0.5, 0.6) is 5.75 Å². The molecule has 1 aromatic heterocycles. The van der Waals surface area contributed by atoms with Crippen molar-refractivity contribution in [1.82, 2.24) is 15.2 Å². The zero-order valence-electron chi connectivity index (χ0n) is 19.8. The quantitative estimate of drug-likeness (QED) is 0.532. The third-order valence-corrected chi connectivity index (χ3v) is 5.90. The number of rotatable bonds is 7. The molecule has 1 atom stereocenters. The first-order valence-electron chi connectivity index (χ1n) is 11.7. The van der Waals surface area contributed by atoms with Crippen LogP contribution in [-0.4, -0.2) is 46.9 Å². The lowest BCUT2D eigenvalue weighted by molar-refractivity contribution is 0.0626. The zero-order valence-corrected chi connectivity index (χ0v) is 19.8. The molecule has 2 aromatic carbocycles. The van der Waals surface area contributed by atoms with E-state index in [1.54, 1.807) is 59.8 Å². The van der Waals surface area contributed by atoms with E-state index >= 15 is 0 Å². The predicted molar refractivity (Wildman–Crippen MR) is 132 cm³/mol. The van der Waals surface area contributed by atoms with Gasteiger partial charge in [-0.05, 0) is 55.8 Å². The fourth-order valence-corrected chi connectivity index (χ4v) is 4.03. The Morgan fingerprint density at radius 2 is 1.89 bits per heavy atom. The summed E-state index contributed by atoms with van der Waals surface area (Å²) in [6.07, 6.45) is 3.50. The Morgan fingerprint density at radius 3 is 2.60 bits per heavy atom. The number of carbonyl (C=O) groups excluding carboxylic acids is 2. The highest BCUT2D eigenvalue weighted by Crippen LogP contribution is 2.30. The Labute approximate surface area is 204 Å². The number of ether oxygens (including phenoxy) is 1. The van der Waals surface area contributed by atoms with Crippen LogP contribution in [0.15, 0.2) is 67.0 Å². The van der Waals surface area contributed by atoms with Crippen LogP contribution in [0.3, 0.4) is 0 Å². The van der Waals surface area contributed by atoms with E-state index in [0.717, 1.165) is 5.56 Å². The molecule has 7 nitrogen and oxygen atoms in total. The number of halogens is 1. The molecule has 1 unspecified atom stereocenters. The van der Waals surface area contributed by atoms with Crippen LogP contribution >= 0.6 is 0 Å². The minimum absolute atomic E-state index is 0.00410. The van der Waals surface area contributed by atoms with E-state index in [9.17, 15) is 14.0 Å². The van der Waals surface area contributed by atoms with Crippen molar-refractivity contribution in [2.45, 2.75) is 39.0 Å². The number of benzene rings is 2. The topological polar surface area (TPSA) is 83.6 Å². The standard InChI is InChI=1S/C27H29FN4O3/c1-18(2)32-15-12-22(17-30-16-19-6-8-20(28)9-7-19)35-25-23(4-3-5-24(25)27(32)34)26(33)31-21-10-13-29-14-11-21/h3-11,13-14,18,22,30H,12,15-17H2,1-2H3,(H,29,31,33). The summed E-state index contributed by atoms with van der Waals surface area (Å²) in [5.74, 6) is -0.519. The van der Waals surface area contributed by atoms with Gasteiger partial charge in [0.1, 0.15) is 17.7 Å². The molecule has 4 rings (SSSR count). The van der Waals surface area contributed by atoms with Crippen molar-refractivity contribution in [3.8, 4) is 5.75 Å². The number of pyridine rings is 1. The molecule has 0 spiro atoms. The van der Waals surface area contributed by atoms with E-state index in [1.807, 2.05) is 13.8 Å². The predicted octanol–water partition coefficient (Wildman–Crippen LogP) is 4.26. The second kappa shape index (κ2) is 11.1. The summed E-state index contributed by atoms with van der Waals surface area (Å²) in [5.41, 5.74) is 2.21. The molecule has 0 radical (unpaired) electrons. The highest BCUT2D eigenvalue weighted by Gasteiger charge is 2.30. The molecule has 0 fully saturated rings. The maximum absolute atomic E-state index is 13.4. The number of carbonyl (C=O) groups is 2. The summed E-state index contributed by atoms with van der Waals surface area (Å²) in [6.45, 7) is 5.52. The van der Waals surface area contributed by atoms with Gasteiger partial charge >= 0.3 is 0 Å². The van der Waals surface area contributed by atoms with Crippen molar-refractivity contribution in [2.75, 3.05) is 18.4 Å². The van der Waals surface area contributed by atoms with Gasteiger partial charge in [0.05, 0.1) is 11.1 Å². The minimum Gasteiger partial charge on any atom is -0.487 e. The lowest BCUT2D eigenvalue weighted by Crippen LogP contribution is -2.44. The fourth-order valence-electron chi connectivity index (χ4n) is 4.03. The first kappa shape index (κ1) is 24.3. The van der Waals surface area contributed by atoms with Crippen molar-refractivity contribution in [1.29, 1.82) is 0 Å². The number of aromatic nitrogens is 1. The summed E-state index contributed by atoms with van der Waals surface area (Å²) in [6, 6.07) is 14.8. The van der Waals surface area contributed by atoms with Crippen LogP contribution in [-0.2, 0) is 6.54 Å². The Morgan fingerprint density at radius 1 is 1.14 bits per heavy atom. The van der Waals surface area contributed by atoms with Gasteiger partial charge in [-0.25, -0.2) is 4.39 Å². The first-order valence-corrected chi connectivity index (χ1v) is 11.7. The summed E-state index contributed by atoms with van der Waals surface area (Å²) >= 11 is 0. The molecule has 0 saturated carbocycles. The van der Waals surface area contributed by atoms with Gasteiger partial charge in [-0.1, -0.05) is 18.2 Å². The van der Waals surface area contributed by atoms with E-state index in [-0.39, 0.29) is 35.5 Å². The number of nitrogens with zero attached hydrogens (tertiary/aromatic N) is 2. The molecule has 1 aliphatic rings. The van der Waals surface area contributed by atoms with Gasteiger partial charge in [-0.15, -0.1) is 0 Å². The third-order valence-electron chi connectivity index (χ3n) is 5.90. The molecule has 182 valence electrons. The molecule has 0 saturated heterocycles. The van der Waals surface area contributed by atoms with Crippen molar-refractivity contribution in [2.24, 2.45) is 0 Å². The molecule has 2 N–H and O–H groups in total. The lowest BCUT2D eigenvalue weighted by Gasteiger charge is -2.33. The highest BCUT2D eigenvalue weighted by atomic mass is 19.1. The number of hydrogen-bond donors (Lipinski definition) is 2. The van der Waals surface area contributed by atoms with Gasteiger partial charge in [0.2, 0.25) is 0 Å². The lowest BCUT2D eigenvalue weighted by atomic mass is 10.0. The smallest absolute Gasteiger partial charge is 0.259 e. The monoisotopic (exact) mass is 476 g/mol. The molecule has 1 aliphatic heterocycles. The van der Waals surface area contributed by atoms with Crippen LogP contribution in [0.25, 0.3) is 0 Å². The Balaban J connectivity index is 1.58. The van der Waals surface area contributed by atoms with Gasteiger partial charge in [-0.2, -0.15) is 0 Å². The van der Waals surface area contributed by atoms with E-state index < -0.39 is 0 Å². The van der Waals surface area contributed by atoms with Gasteiger partial charge in [0.15, 0.2) is 0 Å². The van der Waals surface area contributed by atoms with Crippen molar-refractivity contribution in [3.63, 3.8) is 0 Å². The van der Waals surface area contributed by atoms with Crippen LogP contribution in [0.1, 0.15) is 46.5 Å². The van der Waals surface area contributed by atoms with Gasteiger partial charge < -0.3 is 20.3 Å². The van der Waals surface area contributed by atoms with Gasteiger partial charge in [-0.3, -0.25) is 14.6 Å². The SMILES string of the molecule is CC(C)N1CCC(CNCc2ccc(F)cc2)Oc2c(C(=O)Nc3ccncc3)cccc2C1=O. The summed E-state index contributed by atoms with van der Waals surface area (Å²) in [4.78, 5) is 32.3. The highest BCUT2D eigenvalue weighted by molar-refractivity contribution is 6.09. The molecular weight excluding hydrogens is 447 g/mol. The normalized spacial score (nSPS) is 15.7. The second-order valence-corrected chi connectivity index (χ2v) is 8.75. The fraction of sp³-hybridized carbons (Fsp3) is 0.296. The molecule has 35 heavy (non-hydrogen) atoms. The largest absolute Gasteiger partial charge is 0.487 e. The average molecular weight is 477 g/mol. The zero-order chi connectivity index (χ0) is 24.8. The molecule has 3 aromatic rings. The molecule has 8 heteroatoms. The van der Waals surface area contributed by atoms with Gasteiger partial charge in [0, 0.05) is 50.2 Å². The maximum atomic E-state index is 13.4. The van der Waals surface area contributed by atoms with Crippen LogP contribution in [0.4, 0.5) is 10.1 Å². The summed E-state index contributed by atoms with van der Waals surface area (Å²) in [5, 5.41) is 6.20. The number of hydrogen-bond acceptors (Lipinski definition) is 5. The second-order valence-electron chi connectivity index (χ2n) is 8.75. The van der Waals surface area contributed by atoms with E-state index in [1.165, 1.54) is 12.1 Å². The molecule has 2 heterocycles. The van der Waals surface area contributed by atoms with Crippen molar-refractivity contribution >= 4 is 17.5 Å². The van der Waals surface area contributed by atoms with Crippen LogP contribution < -0.4 is 15.4 Å². The third kappa shape index (κ3) is 6.02. The van der Waals surface area contributed by atoms with Crippen molar-refractivity contribution < 1.29 is 18.7 Å². The minimum atomic E-state index is -0.365. The number of anilines is 1. The van der Waals surface area contributed by atoms with E-state index in [4.69, 9.17) is 4.74 Å². The Hall–Kier alpha value is -3.78. The number of fused-ring (bicyclic) bond motifs is 1. The average Bonchev–Trinajstić information content (AvgIpc) is 2.84. The van der Waals surface area contributed by atoms with E-state index in [2.05, 4.69) is 15.6 Å². The summed E-state index contributed by atoms with van der Waals surface area (Å²) < 4.78 is 19.5. The van der Waals surface area contributed by atoms with Crippen LogP contribution in [0.2, 0.25) is 0 Å². The molecule has 2 amide bonds. The van der Waals surface area contributed by atoms with Crippen LogP contribution in [0, 0.1) is 5.82 Å². The Bertz CT molecular complexity index is 1170. The van der Waals surface area contributed by atoms with Gasteiger partial charge in [0.25, 0.3) is 11.8 Å². The maximum Gasteiger partial charge on any atom is 0.259 e. The Kier molecular flexibility index (Phi) is 7.72. The number of amides is 2.